The highest BCUT2D eigenvalue weighted by atomic mass is 16.7. The summed E-state index contributed by atoms with van der Waals surface area (Å²) in [6, 6.07) is 0. The van der Waals surface area contributed by atoms with E-state index in [1.165, 1.54) is 5.57 Å². The van der Waals surface area contributed by atoms with Crippen LogP contribution in [0.1, 0.15) is 47.0 Å². The van der Waals surface area contributed by atoms with Crippen molar-refractivity contribution < 1.29 is 14.3 Å². The number of carbonyl (C=O) groups is 1. The fourth-order valence-corrected chi connectivity index (χ4v) is 1.91. The summed E-state index contributed by atoms with van der Waals surface area (Å²) in [5.74, 6) is 0.340. The molecule has 3 heteroatoms. The molecule has 0 aromatic heterocycles. The van der Waals surface area contributed by atoms with Crippen molar-refractivity contribution in [1.82, 2.24) is 0 Å². The van der Waals surface area contributed by atoms with Gasteiger partial charge in [-0.15, -0.1) is 0 Å². The lowest BCUT2D eigenvalue weighted by molar-refractivity contribution is -0.0554. The number of allylic oxidation sites excluding steroid dienone is 1. The molecule has 1 aliphatic rings. The van der Waals surface area contributed by atoms with E-state index in [-0.39, 0.29) is 0 Å². The first-order valence-electron chi connectivity index (χ1n) is 5.99. The molecule has 0 aromatic rings. The van der Waals surface area contributed by atoms with Crippen LogP contribution in [0.4, 0.5) is 4.79 Å². The third-order valence-electron chi connectivity index (χ3n) is 3.27. The summed E-state index contributed by atoms with van der Waals surface area (Å²) in [5, 5.41) is 0. The Morgan fingerprint density at radius 3 is 2.88 bits per heavy atom. The second kappa shape index (κ2) is 5.37. The van der Waals surface area contributed by atoms with Gasteiger partial charge in [-0.3, -0.25) is 0 Å². The minimum atomic E-state index is -0.538. The molecule has 1 aliphatic carbocycles. The van der Waals surface area contributed by atoms with Crippen LogP contribution in [0.15, 0.2) is 11.6 Å². The van der Waals surface area contributed by atoms with E-state index in [0.717, 1.165) is 19.3 Å². The molecule has 0 spiro atoms. The van der Waals surface area contributed by atoms with Gasteiger partial charge in [0.05, 0.1) is 6.61 Å². The van der Waals surface area contributed by atoms with E-state index in [1.54, 1.807) is 0 Å². The van der Waals surface area contributed by atoms with Crippen molar-refractivity contribution >= 4 is 6.16 Å². The lowest BCUT2D eigenvalue weighted by atomic mass is 9.78. The van der Waals surface area contributed by atoms with Crippen molar-refractivity contribution in [3.8, 4) is 0 Å². The van der Waals surface area contributed by atoms with Crippen LogP contribution in [-0.2, 0) is 9.47 Å². The van der Waals surface area contributed by atoms with Crippen LogP contribution in [-0.4, -0.2) is 18.4 Å². The van der Waals surface area contributed by atoms with Crippen LogP contribution in [0, 0.1) is 5.92 Å². The fourth-order valence-electron chi connectivity index (χ4n) is 1.91. The molecule has 2 atom stereocenters. The molecular weight excluding hydrogens is 204 g/mol. The molecule has 0 N–H and O–H groups in total. The van der Waals surface area contributed by atoms with E-state index in [2.05, 4.69) is 19.9 Å². The minimum Gasteiger partial charge on any atom is -0.434 e. The van der Waals surface area contributed by atoms with Gasteiger partial charge in [-0.05, 0) is 32.6 Å². The number of carbonyl (C=O) groups excluding carboxylic acids is 1. The Kier molecular flexibility index (Phi) is 4.39. The topological polar surface area (TPSA) is 35.5 Å². The monoisotopic (exact) mass is 226 g/mol. The molecule has 16 heavy (non-hydrogen) atoms. The molecule has 1 rings (SSSR count). The summed E-state index contributed by atoms with van der Waals surface area (Å²) in [5.41, 5.74) is 0.958. The van der Waals surface area contributed by atoms with Gasteiger partial charge in [0.15, 0.2) is 0 Å². The number of ether oxygens (including phenoxy) is 2. The van der Waals surface area contributed by atoms with Gasteiger partial charge in [0.25, 0.3) is 0 Å². The van der Waals surface area contributed by atoms with Crippen molar-refractivity contribution in [1.29, 1.82) is 0 Å². The quantitative estimate of drug-likeness (QED) is 0.544. The van der Waals surface area contributed by atoms with Gasteiger partial charge in [-0.25, -0.2) is 4.79 Å². The Hall–Kier alpha value is -0.990. The average molecular weight is 226 g/mol. The van der Waals surface area contributed by atoms with Crippen molar-refractivity contribution in [3.05, 3.63) is 11.6 Å². The molecule has 0 aromatic carbocycles. The highest BCUT2D eigenvalue weighted by Gasteiger charge is 2.37. The second-order valence-electron chi connectivity index (χ2n) is 4.87. The minimum absolute atomic E-state index is 0.340. The van der Waals surface area contributed by atoms with Crippen LogP contribution in [0.3, 0.4) is 0 Å². The molecule has 0 radical (unpaired) electrons. The molecular formula is C13H22O3. The van der Waals surface area contributed by atoms with Crippen LogP contribution in [0.25, 0.3) is 0 Å². The normalized spacial score (nSPS) is 29.5. The van der Waals surface area contributed by atoms with Gasteiger partial charge in [0, 0.05) is 6.42 Å². The number of rotatable bonds is 3. The molecule has 0 saturated carbocycles. The Morgan fingerprint density at radius 2 is 2.31 bits per heavy atom. The summed E-state index contributed by atoms with van der Waals surface area (Å²) in [6.45, 7) is 8.60. The standard InChI is InChI=1S/C13H22O3/c1-5-8-15-12(14)16-13(4)7-6-10(2)9-11(13)3/h6,11H,5,7-9H2,1-4H3. The molecule has 0 bridgehead atoms. The Bertz CT molecular complexity index is 283. The summed E-state index contributed by atoms with van der Waals surface area (Å²) in [4.78, 5) is 11.4. The van der Waals surface area contributed by atoms with E-state index in [9.17, 15) is 4.79 Å². The highest BCUT2D eigenvalue weighted by Crippen LogP contribution is 2.35. The van der Waals surface area contributed by atoms with Crippen molar-refractivity contribution in [2.45, 2.75) is 52.6 Å². The summed E-state index contributed by atoms with van der Waals surface area (Å²) in [7, 11) is 0. The van der Waals surface area contributed by atoms with Crippen LogP contribution >= 0.6 is 0 Å². The maximum atomic E-state index is 11.4. The largest absolute Gasteiger partial charge is 0.508 e. The zero-order valence-electron chi connectivity index (χ0n) is 10.7. The predicted molar refractivity (Wildman–Crippen MR) is 63.3 cm³/mol. The van der Waals surface area contributed by atoms with E-state index in [4.69, 9.17) is 9.47 Å². The van der Waals surface area contributed by atoms with Crippen molar-refractivity contribution in [3.63, 3.8) is 0 Å². The summed E-state index contributed by atoms with van der Waals surface area (Å²) < 4.78 is 10.4. The first-order chi connectivity index (χ1) is 7.48. The zero-order valence-corrected chi connectivity index (χ0v) is 10.7. The van der Waals surface area contributed by atoms with Gasteiger partial charge >= 0.3 is 6.16 Å². The highest BCUT2D eigenvalue weighted by molar-refractivity contribution is 5.60. The number of hydrogen-bond donors (Lipinski definition) is 0. The molecule has 0 amide bonds. The molecule has 0 aliphatic heterocycles. The smallest absolute Gasteiger partial charge is 0.434 e. The van der Waals surface area contributed by atoms with Gasteiger partial charge in [-0.1, -0.05) is 25.5 Å². The predicted octanol–water partition coefficient (Wildman–Crippen LogP) is 3.68. The van der Waals surface area contributed by atoms with Gasteiger partial charge < -0.3 is 9.47 Å². The van der Waals surface area contributed by atoms with Crippen LogP contribution in [0.5, 0.6) is 0 Å². The molecule has 3 nitrogen and oxygen atoms in total. The SMILES string of the molecule is CCCOC(=O)OC1(C)CC=C(C)CC1C. The van der Waals surface area contributed by atoms with Gasteiger partial charge in [0.2, 0.25) is 0 Å². The van der Waals surface area contributed by atoms with Crippen LogP contribution in [0.2, 0.25) is 0 Å². The number of hydrogen-bond acceptors (Lipinski definition) is 3. The third kappa shape index (κ3) is 3.26. The summed E-state index contributed by atoms with van der Waals surface area (Å²) in [6.07, 6.45) is 4.19. The first kappa shape index (κ1) is 13.1. The molecule has 92 valence electrons. The Balaban J connectivity index is 2.54. The molecule has 2 unspecified atom stereocenters. The Labute approximate surface area is 97.8 Å². The van der Waals surface area contributed by atoms with Crippen LogP contribution < -0.4 is 0 Å². The van der Waals surface area contributed by atoms with Gasteiger partial charge in [-0.2, -0.15) is 0 Å². The lowest BCUT2D eigenvalue weighted by Crippen LogP contribution is -2.40. The Morgan fingerprint density at radius 1 is 1.62 bits per heavy atom. The first-order valence-corrected chi connectivity index (χ1v) is 5.99. The van der Waals surface area contributed by atoms with E-state index in [1.807, 2.05) is 13.8 Å². The summed E-state index contributed by atoms with van der Waals surface area (Å²) >= 11 is 0. The average Bonchev–Trinajstić information content (AvgIpc) is 2.22. The third-order valence-corrected chi connectivity index (χ3v) is 3.27. The fraction of sp³-hybridized carbons (Fsp3) is 0.769. The lowest BCUT2D eigenvalue weighted by Gasteiger charge is -2.37. The second-order valence-corrected chi connectivity index (χ2v) is 4.87. The van der Waals surface area contributed by atoms with E-state index >= 15 is 0 Å². The van der Waals surface area contributed by atoms with E-state index in [0.29, 0.717) is 12.5 Å². The van der Waals surface area contributed by atoms with Crippen molar-refractivity contribution in [2.75, 3.05) is 6.61 Å². The van der Waals surface area contributed by atoms with Crippen molar-refractivity contribution in [2.24, 2.45) is 5.92 Å². The van der Waals surface area contributed by atoms with E-state index < -0.39 is 11.8 Å². The molecule has 0 saturated heterocycles. The maximum Gasteiger partial charge on any atom is 0.508 e. The van der Waals surface area contributed by atoms with Gasteiger partial charge in [0.1, 0.15) is 5.60 Å². The molecule has 0 heterocycles. The zero-order chi connectivity index (χ0) is 12.2. The maximum absolute atomic E-state index is 11.4. The molecule has 0 fully saturated rings.